The average molecular weight is 147 g/mol. The Balaban J connectivity index is 2.57. The summed E-state index contributed by atoms with van der Waals surface area (Å²) in [6.07, 6.45) is 1.49. The van der Waals surface area contributed by atoms with Crippen LogP contribution in [-0.4, -0.2) is 6.10 Å². The number of hydrogen-bond acceptors (Lipinski definition) is 1. The van der Waals surface area contributed by atoms with Gasteiger partial charge in [0.15, 0.2) is 0 Å². The molecule has 0 amide bonds. The molecule has 0 aliphatic rings. The Hall–Kier alpha value is -1.24. The van der Waals surface area contributed by atoms with E-state index in [0.717, 1.165) is 5.75 Å². The summed E-state index contributed by atoms with van der Waals surface area (Å²) in [5.41, 5.74) is 0. The van der Waals surface area contributed by atoms with Crippen molar-refractivity contribution < 1.29 is 4.74 Å². The number of hydrogen-bond donors (Lipinski definition) is 0. The second-order valence-electron chi connectivity index (χ2n) is 2.21. The summed E-state index contributed by atoms with van der Waals surface area (Å²) in [6, 6.07) is 9.57. The van der Waals surface area contributed by atoms with Crippen molar-refractivity contribution in [2.24, 2.45) is 0 Å². The fourth-order valence-electron chi connectivity index (χ4n) is 0.722. The second-order valence-corrected chi connectivity index (χ2v) is 2.21. The van der Waals surface area contributed by atoms with Crippen LogP contribution in [0.4, 0.5) is 0 Å². The van der Waals surface area contributed by atoms with Crippen LogP contribution < -0.4 is 4.74 Å². The van der Waals surface area contributed by atoms with E-state index in [4.69, 9.17) is 4.74 Å². The van der Waals surface area contributed by atoms with Crippen LogP contribution in [0.25, 0.3) is 0 Å². The molecule has 0 bridgehead atoms. The standard InChI is InChI=1S/C10H11O/c1-3-9(2)11-10-7-5-4-6-8-10/h3-9H,1-2H2. The molecular weight excluding hydrogens is 136 g/mol. The van der Waals surface area contributed by atoms with Crippen molar-refractivity contribution in [3.05, 3.63) is 49.9 Å². The minimum Gasteiger partial charge on any atom is -0.486 e. The van der Waals surface area contributed by atoms with E-state index in [1.165, 1.54) is 0 Å². The van der Waals surface area contributed by atoms with E-state index in [9.17, 15) is 0 Å². The predicted octanol–water partition coefficient (Wildman–Crippen LogP) is 2.45. The Bertz CT molecular complexity index is 216. The third-order valence-corrected chi connectivity index (χ3v) is 1.29. The van der Waals surface area contributed by atoms with E-state index in [2.05, 4.69) is 13.5 Å². The van der Waals surface area contributed by atoms with Crippen LogP contribution in [0.1, 0.15) is 0 Å². The molecule has 0 N–H and O–H groups in total. The molecule has 0 fully saturated rings. The average Bonchev–Trinajstić information content (AvgIpc) is 2.06. The molecule has 0 aliphatic carbocycles. The van der Waals surface area contributed by atoms with Gasteiger partial charge in [0.1, 0.15) is 11.9 Å². The lowest BCUT2D eigenvalue weighted by molar-refractivity contribution is 0.294. The zero-order valence-corrected chi connectivity index (χ0v) is 6.36. The van der Waals surface area contributed by atoms with Gasteiger partial charge in [-0.05, 0) is 19.1 Å². The third-order valence-electron chi connectivity index (χ3n) is 1.29. The Morgan fingerprint density at radius 3 is 2.45 bits per heavy atom. The lowest BCUT2D eigenvalue weighted by atomic mass is 10.3. The Labute approximate surface area is 67.3 Å². The number of para-hydroxylation sites is 1. The van der Waals surface area contributed by atoms with E-state index in [-0.39, 0.29) is 6.10 Å². The predicted molar refractivity (Wildman–Crippen MR) is 46.4 cm³/mol. The van der Waals surface area contributed by atoms with Crippen molar-refractivity contribution in [2.75, 3.05) is 0 Å². The molecule has 1 atom stereocenters. The number of rotatable bonds is 3. The van der Waals surface area contributed by atoms with E-state index in [0.29, 0.717) is 0 Å². The zero-order chi connectivity index (χ0) is 8.10. The van der Waals surface area contributed by atoms with E-state index in [1.807, 2.05) is 30.3 Å². The van der Waals surface area contributed by atoms with Crippen LogP contribution in [0.3, 0.4) is 0 Å². The molecule has 0 saturated heterocycles. The molecule has 57 valence electrons. The normalized spacial score (nSPS) is 12.1. The minimum atomic E-state index is -0.169. The van der Waals surface area contributed by atoms with Crippen LogP contribution in [0.5, 0.6) is 5.75 Å². The topological polar surface area (TPSA) is 9.23 Å². The summed E-state index contributed by atoms with van der Waals surface area (Å²) in [7, 11) is 0. The number of benzene rings is 1. The van der Waals surface area contributed by atoms with Crippen LogP contribution >= 0.6 is 0 Å². The van der Waals surface area contributed by atoms with Gasteiger partial charge >= 0.3 is 0 Å². The highest BCUT2D eigenvalue weighted by atomic mass is 16.5. The van der Waals surface area contributed by atoms with Crippen molar-refractivity contribution in [3.8, 4) is 5.75 Å². The fraction of sp³-hybridized carbons (Fsp3) is 0.100. The summed E-state index contributed by atoms with van der Waals surface area (Å²) in [5, 5.41) is 0. The molecular formula is C10H11O. The highest BCUT2D eigenvalue weighted by Gasteiger charge is 1.95. The first-order chi connectivity index (χ1) is 5.33. The maximum absolute atomic E-state index is 5.33. The largest absolute Gasteiger partial charge is 0.486 e. The maximum Gasteiger partial charge on any atom is 0.120 e. The molecule has 1 nitrogen and oxygen atoms in total. The first kappa shape index (κ1) is 7.86. The Kier molecular flexibility index (Phi) is 2.73. The molecule has 1 heteroatoms. The van der Waals surface area contributed by atoms with Gasteiger partial charge in [-0.25, -0.2) is 0 Å². The molecule has 0 aromatic heterocycles. The molecule has 0 spiro atoms. The van der Waals surface area contributed by atoms with Gasteiger partial charge in [-0.1, -0.05) is 30.9 Å². The Morgan fingerprint density at radius 2 is 1.91 bits per heavy atom. The summed E-state index contributed by atoms with van der Waals surface area (Å²) in [5.74, 6) is 0.826. The smallest absolute Gasteiger partial charge is 0.120 e. The third kappa shape index (κ3) is 2.46. The van der Waals surface area contributed by atoms with Crippen molar-refractivity contribution in [1.82, 2.24) is 0 Å². The zero-order valence-electron chi connectivity index (χ0n) is 6.36. The van der Waals surface area contributed by atoms with E-state index < -0.39 is 0 Å². The van der Waals surface area contributed by atoms with Gasteiger partial charge in [-0.2, -0.15) is 0 Å². The maximum atomic E-state index is 5.33. The van der Waals surface area contributed by atoms with Gasteiger partial charge in [-0.15, -0.1) is 0 Å². The van der Waals surface area contributed by atoms with Gasteiger partial charge in [0.25, 0.3) is 0 Å². The first-order valence-electron chi connectivity index (χ1n) is 3.50. The summed E-state index contributed by atoms with van der Waals surface area (Å²) in [6.45, 7) is 7.28. The minimum absolute atomic E-state index is 0.169. The molecule has 1 unspecified atom stereocenters. The van der Waals surface area contributed by atoms with Gasteiger partial charge in [-0.3, -0.25) is 0 Å². The quantitative estimate of drug-likeness (QED) is 0.597. The summed E-state index contributed by atoms with van der Waals surface area (Å²) >= 11 is 0. The van der Waals surface area contributed by atoms with Crippen LogP contribution in [0.2, 0.25) is 0 Å². The van der Waals surface area contributed by atoms with Crippen LogP contribution in [0, 0.1) is 6.92 Å². The summed E-state index contributed by atoms with van der Waals surface area (Å²) in [4.78, 5) is 0. The SMILES string of the molecule is [CH2]C(C=C)Oc1ccccc1. The molecule has 1 aromatic rings. The first-order valence-corrected chi connectivity index (χ1v) is 3.50. The van der Waals surface area contributed by atoms with Crippen molar-refractivity contribution in [1.29, 1.82) is 0 Å². The molecule has 1 radical (unpaired) electrons. The number of ether oxygens (including phenoxy) is 1. The molecule has 1 aromatic carbocycles. The molecule has 0 saturated carbocycles. The lowest BCUT2D eigenvalue weighted by Crippen LogP contribution is -2.07. The van der Waals surface area contributed by atoms with E-state index in [1.54, 1.807) is 6.08 Å². The highest BCUT2D eigenvalue weighted by molar-refractivity contribution is 5.21. The fourth-order valence-corrected chi connectivity index (χ4v) is 0.722. The van der Waals surface area contributed by atoms with Crippen LogP contribution in [0.15, 0.2) is 43.0 Å². The van der Waals surface area contributed by atoms with Crippen molar-refractivity contribution in [3.63, 3.8) is 0 Å². The van der Waals surface area contributed by atoms with E-state index >= 15 is 0 Å². The van der Waals surface area contributed by atoms with Crippen molar-refractivity contribution in [2.45, 2.75) is 6.10 Å². The summed E-state index contributed by atoms with van der Waals surface area (Å²) < 4.78 is 5.33. The van der Waals surface area contributed by atoms with Gasteiger partial charge in [0.05, 0.1) is 0 Å². The van der Waals surface area contributed by atoms with Crippen molar-refractivity contribution >= 4 is 0 Å². The lowest BCUT2D eigenvalue weighted by Gasteiger charge is -2.08. The molecule has 0 heterocycles. The Morgan fingerprint density at radius 1 is 1.27 bits per heavy atom. The van der Waals surface area contributed by atoms with Gasteiger partial charge < -0.3 is 4.74 Å². The monoisotopic (exact) mass is 147 g/mol. The van der Waals surface area contributed by atoms with Gasteiger partial charge in [0, 0.05) is 0 Å². The van der Waals surface area contributed by atoms with Gasteiger partial charge in [0.2, 0.25) is 0 Å². The molecule has 1 rings (SSSR count). The van der Waals surface area contributed by atoms with Crippen LogP contribution in [-0.2, 0) is 0 Å². The molecule has 11 heavy (non-hydrogen) atoms. The molecule has 0 aliphatic heterocycles. The highest BCUT2D eigenvalue weighted by Crippen LogP contribution is 2.10. The second kappa shape index (κ2) is 3.81.